The number of hydrogen-bond acceptors (Lipinski definition) is 3. The van der Waals surface area contributed by atoms with E-state index in [1.54, 1.807) is 24.3 Å². The Kier molecular flexibility index (Phi) is 5.97. The summed E-state index contributed by atoms with van der Waals surface area (Å²) in [6.45, 7) is 6.54. The molecule has 2 fully saturated rings. The van der Waals surface area contributed by atoms with E-state index < -0.39 is 0 Å². The first-order valence-corrected chi connectivity index (χ1v) is 9.52. The monoisotopic (exact) mass is 363 g/mol. The molecule has 2 heterocycles. The summed E-state index contributed by atoms with van der Waals surface area (Å²) in [7, 11) is 0. The van der Waals surface area contributed by atoms with Crippen LogP contribution in [0.2, 0.25) is 5.02 Å². The molecular formula is C19H26ClN3O2. The average molecular weight is 364 g/mol. The first-order valence-electron chi connectivity index (χ1n) is 9.14. The van der Waals surface area contributed by atoms with E-state index in [-0.39, 0.29) is 17.9 Å². The second-order valence-corrected chi connectivity index (χ2v) is 7.33. The molecular weight excluding hydrogens is 338 g/mol. The van der Waals surface area contributed by atoms with Crippen LogP contribution in [0.15, 0.2) is 24.3 Å². The standard InChI is InChI=1S/C19H26ClN3O2/c1-15(18(24)22-9-3-2-4-10-22)21-11-13-23(14-12-21)19(25)16-5-7-17(20)8-6-16/h5-8,15H,2-4,9-14H2,1H3. The van der Waals surface area contributed by atoms with Crippen LogP contribution in [0.5, 0.6) is 0 Å². The number of carbonyl (C=O) groups is 2. The van der Waals surface area contributed by atoms with E-state index in [4.69, 9.17) is 11.6 Å². The molecule has 0 spiro atoms. The molecule has 2 saturated heterocycles. The third kappa shape index (κ3) is 4.33. The SMILES string of the molecule is CC(C(=O)N1CCCCC1)N1CCN(C(=O)c2ccc(Cl)cc2)CC1. The molecule has 0 radical (unpaired) electrons. The molecule has 3 rings (SSSR count). The van der Waals surface area contributed by atoms with Crippen LogP contribution < -0.4 is 0 Å². The quantitative estimate of drug-likeness (QED) is 0.828. The van der Waals surface area contributed by atoms with Crippen molar-refractivity contribution in [2.24, 2.45) is 0 Å². The first-order chi connectivity index (χ1) is 12.1. The van der Waals surface area contributed by atoms with Crippen molar-refractivity contribution in [1.29, 1.82) is 0 Å². The third-order valence-electron chi connectivity index (χ3n) is 5.27. The molecule has 0 N–H and O–H groups in total. The molecule has 25 heavy (non-hydrogen) atoms. The van der Waals surface area contributed by atoms with E-state index in [1.807, 2.05) is 16.7 Å². The van der Waals surface area contributed by atoms with Crippen molar-refractivity contribution < 1.29 is 9.59 Å². The maximum atomic E-state index is 12.7. The fourth-order valence-electron chi connectivity index (χ4n) is 3.62. The fraction of sp³-hybridized carbons (Fsp3) is 0.579. The number of piperidine rings is 1. The molecule has 5 nitrogen and oxygen atoms in total. The van der Waals surface area contributed by atoms with Crippen LogP contribution in [0, 0.1) is 0 Å². The lowest BCUT2D eigenvalue weighted by molar-refractivity contribution is -0.137. The van der Waals surface area contributed by atoms with Gasteiger partial charge >= 0.3 is 0 Å². The van der Waals surface area contributed by atoms with Gasteiger partial charge in [0, 0.05) is 49.9 Å². The molecule has 136 valence electrons. The summed E-state index contributed by atoms with van der Waals surface area (Å²) >= 11 is 5.88. The van der Waals surface area contributed by atoms with Crippen molar-refractivity contribution in [3.8, 4) is 0 Å². The van der Waals surface area contributed by atoms with Gasteiger partial charge in [-0.25, -0.2) is 0 Å². The van der Waals surface area contributed by atoms with E-state index in [1.165, 1.54) is 6.42 Å². The van der Waals surface area contributed by atoms with Gasteiger partial charge in [0.15, 0.2) is 0 Å². The van der Waals surface area contributed by atoms with Crippen LogP contribution in [0.3, 0.4) is 0 Å². The first kappa shape index (κ1) is 18.2. The van der Waals surface area contributed by atoms with Crippen molar-refractivity contribution in [2.45, 2.75) is 32.2 Å². The summed E-state index contributed by atoms with van der Waals surface area (Å²) in [6, 6.07) is 6.90. The minimum atomic E-state index is -0.106. The van der Waals surface area contributed by atoms with Crippen molar-refractivity contribution >= 4 is 23.4 Å². The van der Waals surface area contributed by atoms with Crippen LogP contribution in [0.4, 0.5) is 0 Å². The summed E-state index contributed by atoms with van der Waals surface area (Å²) in [5.41, 5.74) is 0.662. The zero-order valence-corrected chi connectivity index (χ0v) is 15.5. The number of rotatable bonds is 3. The van der Waals surface area contributed by atoms with Crippen molar-refractivity contribution in [3.05, 3.63) is 34.9 Å². The smallest absolute Gasteiger partial charge is 0.253 e. The summed E-state index contributed by atoms with van der Waals surface area (Å²) in [5, 5.41) is 0.631. The highest BCUT2D eigenvalue weighted by Gasteiger charge is 2.30. The Morgan fingerprint density at radius 2 is 1.48 bits per heavy atom. The highest BCUT2D eigenvalue weighted by Crippen LogP contribution is 2.16. The molecule has 1 aromatic carbocycles. The molecule has 1 unspecified atom stereocenters. The van der Waals surface area contributed by atoms with Gasteiger partial charge in [0.25, 0.3) is 5.91 Å². The molecule has 0 bridgehead atoms. The van der Waals surface area contributed by atoms with E-state index in [9.17, 15) is 9.59 Å². The van der Waals surface area contributed by atoms with Crippen LogP contribution in [-0.4, -0.2) is 71.8 Å². The summed E-state index contributed by atoms with van der Waals surface area (Å²) in [4.78, 5) is 31.3. The minimum absolute atomic E-state index is 0.0336. The lowest BCUT2D eigenvalue weighted by atomic mass is 10.1. The van der Waals surface area contributed by atoms with Gasteiger partial charge in [-0.1, -0.05) is 11.6 Å². The maximum Gasteiger partial charge on any atom is 0.253 e. The Labute approximate surface area is 154 Å². The summed E-state index contributed by atoms with van der Waals surface area (Å²) < 4.78 is 0. The van der Waals surface area contributed by atoms with E-state index in [2.05, 4.69) is 4.90 Å². The maximum absolute atomic E-state index is 12.7. The predicted octanol–water partition coefficient (Wildman–Crippen LogP) is 2.50. The topological polar surface area (TPSA) is 43.9 Å². The Bertz CT molecular complexity index is 606. The van der Waals surface area contributed by atoms with Gasteiger partial charge < -0.3 is 9.80 Å². The van der Waals surface area contributed by atoms with Gasteiger partial charge in [0.05, 0.1) is 6.04 Å². The number of nitrogens with zero attached hydrogens (tertiary/aromatic N) is 3. The Balaban J connectivity index is 1.53. The van der Waals surface area contributed by atoms with Crippen molar-refractivity contribution in [2.75, 3.05) is 39.3 Å². The number of carbonyl (C=O) groups excluding carboxylic acids is 2. The van der Waals surface area contributed by atoms with Crippen LogP contribution in [0.1, 0.15) is 36.5 Å². The minimum Gasteiger partial charge on any atom is -0.341 e. The molecule has 2 aliphatic rings. The number of halogens is 1. The number of amides is 2. The molecule has 0 aromatic heterocycles. The lowest BCUT2D eigenvalue weighted by Gasteiger charge is -2.39. The number of hydrogen-bond donors (Lipinski definition) is 0. The van der Waals surface area contributed by atoms with Gasteiger partial charge in [0.1, 0.15) is 0 Å². The van der Waals surface area contributed by atoms with E-state index in [0.29, 0.717) is 23.7 Å². The van der Waals surface area contributed by atoms with Gasteiger partial charge in [-0.05, 0) is 50.5 Å². The third-order valence-corrected chi connectivity index (χ3v) is 5.52. The summed E-state index contributed by atoms with van der Waals surface area (Å²) in [6.07, 6.45) is 3.45. The number of piperazine rings is 1. The second kappa shape index (κ2) is 8.19. The van der Waals surface area contributed by atoms with Crippen molar-refractivity contribution in [1.82, 2.24) is 14.7 Å². The normalized spacial score (nSPS) is 20.4. The highest BCUT2D eigenvalue weighted by molar-refractivity contribution is 6.30. The summed E-state index contributed by atoms with van der Waals surface area (Å²) in [5.74, 6) is 0.267. The molecule has 0 aliphatic carbocycles. The number of benzene rings is 1. The highest BCUT2D eigenvalue weighted by atomic mass is 35.5. The number of likely N-dealkylation sites (tertiary alicyclic amines) is 1. The zero-order valence-electron chi connectivity index (χ0n) is 14.8. The molecule has 1 aromatic rings. The van der Waals surface area contributed by atoms with Crippen LogP contribution in [-0.2, 0) is 4.79 Å². The average Bonchev–Trinajstić information content (AvgIpc) is 2.67. The zero-order chi connectivity index (χ0) is 17.8. The Hall–Kier alpha value is -1.59. The van der Waals surface area contributed by atoms with Crippen LogP contribution >= 0.6 is 11.6 Å². The van der Waals surface area contributed by atoms with E-state index >= 15 is 0 Å². The molecule has 6 heteroatoms. The van der Waals surface area contributed by atoms with Gasteiger partial charge in [-0.15, -0.1) is 0 Å². The second-order valence-electron chi connectivity index (χ2n) is 6.90. The Morgan fingerprint density at radius 3 is 2.08 bits per heavy atom. The van der Waals surface area contributed by atoms with Gasteiger partial charge in [0.2, 0.25) is 5.91 Å². The van der Waals surface area contributed by atoms with Crippen molar-refractivity contribution in [3.63, 3.8) is 0 Å². The predicted molar refractivity (Wildman–Crippen MR) is 98.8 cm³/mol. The molecule has 1 atom stereocenters. The molecule has 2 aliphatic heterocycles. The molecule has 2 amide bonds. The largest absolute Gasteiger partial charge is 0.341 e. The Morgan fingerprint density at radius 1 is 0.880 bits per heavy atom. The molecule has 0 saturated carbocycles. The fourth-order valence-corrected chi connectivity index (χ4v) is 3.75. The van der Waals surface area contributed by atoms with E-state index in [0.717, 1.165) is 39.0 Å². The van der Waals surface area contributed by atoms with Gasteiger partial charge in [-0.2, -0.15) is 0 Å². The lowest BCUT2D eigenvalue weighted by Crippen LogP contribution is -2.56. The van der Waals surface area contributed by atoms with Gasteiger partial charge in [-0.3, -0.25) is 14.5 Å². The van der Waals surface area contributed by atoms with Crippen LogP contribution in [0.25, 0.3) is 0 Å².